The number of thiocarbonyl (C=S) groups is 1. The first-order valence-corrected chi connectivity index (χ1v) is 7.19. The van der Waals surface area contributed by atoms with E-state index in [2.05, 4.69) is 37.7 Å². The van der Waals surface area contributed by atoms with Gasteiger partial charge in [0.1, 0.15) is 5.75 Å². The third kappa shape index (κ3) is 8.01. The van der Waals surface area contributed by atoms with Crippen molar-refractivity contribution in [1.29, 1.82) is 0 Å². The summed E-state index contributed by atoms with van der Waals surface area (Å²) >= 11 is 4.60. The molecule has 0 atom stereocenters. The van der Waals surface area contributed by atoms with Crippen LogP contribution in [0.3, 0.4) is 0 Å². The molecule has 0 unspecified atom stereocenters. The van der Waals surface area contributed by atoms with E-state index in [9.17, 15) is 8.42 Å². The normalized spacial score (nSPS) is 13.8. The molecule has 16 heavy (non-hydrogen) atoms. The lowest BCUT2D eigenvalue weighted by atomic mass is 9.82. The number of nitrogens with two attached hydrogens (primary N) is 1. The van der Waals surface area contributed by atoms with E-state index in [-0.39, 0.29) is 16.2 Å². The molecule has 0 spiro atoms. The third-order valence-electron chi connectivity index (χ3n) is 1.74. The van der Waals surface area contributed by atoms with Gasteiger partial charge in [0, 0.05) is 5.54 Å². The summed E-state index contributed by atoms with van der Waals surface area (Å²) < 4.78 is 26.0. The highest BCUT2D eigenvalue weighted by Crippen LogP contribution is 2.27. The minimum Gasteiger partial charge on any atom is -0.392 e. The van der Waals surface area contributed by atoms with Crippen LogP contribution in [0.5, 0.6) is 0 Å². The predicted octanol–water partition coefficient (Wildman–Crippen LogP) is 1.41. The summed E-state index contributed by atoms with van der Waals surface area (Å²) in [5.41, 5.74) is 4.79. The van der Waals surface area contributed by atoms with E-state index in [0.29, 0.717) is 0 Å². The Bertz CT molecular complexity index is 354. The molecule has 0 amide bonds. The van der Waals surface area contributed by atoms with Crippen LogP contribution >= 0.6 is 12.2 Å². The van der Waals surface area contributed by atoms with Crippen LogP contribution in [0.25, 0.3) is 0 Å². The van der Waals surface area contributed by atoms with Gasteiger partial charge in [-0.1, -0.05) is 33.0 Å². The fourth-order valence-electron chi connectivity index (χ4n) is 2.01. The van der Waals surface area contributed by atoms with Crippen molar-refractivity contribution < 1.29 is 8.42 Å². The topological polar surface area (TPSA) is 72.2 Å². The van der Waals surface area contributed by atoms with E-state index in [1.165, 1.54) is 0 Å². The standard InChI is InChI=1S/C10H22N2O2S2/c1-9(2,3)7-10(4,5)12-16(13,14)6-8(11)15/h12H,6-7H2,1-5H3,(H2,11,15). The highest BCUT2D eigenvalue weighted by atomic mass is 32.2. The number of rotatable bonds is 5. The Morgan fingerprint density at radius 3 is 2.00 bits per heavy atom. The minimum absolute atomic E-state index is 0.0148. The van der Waals surface area contributed by atoms with Crippen LogP contribution in [0.15, 0.2) is 0 Å². The summed E-state index contributed by atoms with van der Waals surface area (Å²) in [4.78, 5) is -0.0148. The van der Waals surface area contributed by atoms with Crippen LogP contribution in [0.4, 0.5) is 0 Å². The smallest absolute Gasteiger partial charge is 0.218 e. The lowest BCUT2D eigenvalue weighted by molar-refractivity contribution is 0.269. The maximum Gasteiger partial charge on any atom is 0.218 e. The molecule has 0 aliphatic carbocycles. The Labute approximate surface area is 104 Å². The highest BCUT2D eigenvalue weighted by molar-refractivity contribution is 7.92. The average molecular weight is 266 g/mol. The van der Waals surface area contributed by atoms with Gasteiger partial charge in [0.15, 0.2) is 0 Å². The quantitative estimate of drug-likeness (QED) is 0.738. The van der Waals surface area contributed by atoms with E-state index in [1.54, 1.807) is 0 Å². The molecular formula is C10H22N2O2S2. The van der Waals surface area contributed by atoms with Crippen LogP contribution in [0.1, 0.15) is 41.0 Å². The Balaban J connectivity index is 4.65. The molecule has 4 nitrogen and oxygen atoms in total. The van der Waals surface area contributed by atoms with Gasteiger partial charge in [-0.2, -0.15) is 0 Å². The summed E-state index contributed by atoms with van der Waals surface area (Å²) in [6, 6.07) is 0. The minimum atomic E-state index is -3.43. The molecule has 96 valence electrons. The van der Waals surface area contributed by atoms with E-state index in [0.717, 1.165) is 6.42 Å². The Morgan fingerprint density at radius 1 is 1.25 bits per heavy atom. The SMILES string of the molecule is CC(C)(C)CC(C)(C)NS(=O)(=O)CC(N)=S. The van der Waals surface area contributed by atoms with Crippen LogP contribution in [-0.2, 0) is 10.0 Å². The molecule has 0 fully saturated rings. The number of sulfonamides is 1. The predicted molar refractivity (Wildman–Crippen MR) is 71.9 cm³/mol. The Kier molecular flexibility index (Phi) is 4.91. The van der Waals surface area contributed by atoms with Gasteiger partial charge >= 0.3 is 0 Å². The number of nitrogens with one attached hydrogen (secondary N) is 1. The monoisotopic (exact) mass is 266 g/mol. The molecule has 0 aromatic carbocycles. The average Bonchev–Trinajstić information content (AvgIpc) is 1.69. The Hall–Kier alpha value is -0.200. The molecule has 0 heterocycles. The molecule has 0 aromatic heterocycles. The summed E-state index contributed by atoms with van der Waals surface area (Å²) in [6.45, 7) is 9.91. The first kappa shape index (κ1) is 15.8. The van der Waals surface area contributed by atoms with Gasteiger partial charge in [-0.3, -0.25) is 0 Å². The molecular weight excluding hydrogens is 244 g/mol. The molecule has 0 rings (SSSR count). The van der Waals surface area contributed by atoms with Crippen LogP contribution in [-0.4, -0.2) is 24.7 Å². The van der Waals surface area contributed by atoms with Gasteiger partial charge in [-0.25, -0.2) is 13.1 Å². The second-order valence-electron chi connectivity index (χ2n) is 5.95. The van der Waals surface area contributed by atoms with Gasteiger partial charge in [0.2, 0.25) is 10.0 Å². The first-order chi connectivity index (χ1) is 6.83. The molecule has 3 N–H and O–H groups in total. The molecule has 6 heteroatoms. The maximum absolute atomic E-state index is 11.7. The molecule has 0 aliphatic rings. The van der Waals surface area contributed by atoms with Crippen LogP contribution < -0.4 is 10.5 Å². The Morgan fingerprint density at radius 2 is 1.69 bits per heavy atom. The van der Waals surface area contributed by atoms with Gasteiger partial charge in [0.25, 0.3) is 0 Å². The van der Waals surface area contributed by atoms with Crippen LogP contribution in [0, 0.1) is 5.41 Å². The van der Waals surface area contributed by atoms with E-state index in [1.807, 2.05) is 13.8 Å². The van der Waals surface area contributed by atoms with E-state index in [4.69, 9.17) is 5.73 Å². The number of hydrogen-bond donors (Lipinski definition) is 2. The fraction of sp³-hybridized carbons (Fsp3) is 0.900. The molecule has 0 radical (unpaired) electrons. The second kappa shape index (κ2) is 4.98. The van der Waals surface area contributed by atoms with Crippen molar-refractivity contribution in [2.45, 2.75) is 46.6 Å². The van der Waals surface area contributed by atoms with E-state index >= 15 is 0 Å². The van der Waals surface area contributed by atoms with Crippen LogP contribution in [0.2, 0.25) is 0 Å². The maximum atomic E-state index is 11.7. The first-order valence-electron chi connectivity index (χ1n) is 5.13. The van der Waals surface area contributed by atoms with Gasteiger partial charge in [-0.15, -0.1) is 0 Å². The van der Waals surface area contributed by atoms with Crippen molar-refractivity contribution in [1.82, 2.24) is 4.72 Å². The van der Waals surface area contributed by atoms with Crippen molar-refractivity contribution in [2.24, 2.45) is 11.1 Å². The van der Waals surface area contributed by atoms with E-state index < -0.39 is 15.6 Å². The second-order valence-corrected chi connectivity index (χ2v) is 8.20. The zero-order chi connectivity index (χ0) is 13.2. The van der Waals surface area contributed by atoms with Gasteiger partial charge in [-0.05, 0) is 25.7 Å². The molecule has 0 saturated heterocycles. The zero-order valence-electron chi connectivity index (χ0n) is 10.6. The number of hydrogen-bond acceptors (Lipinski definition) is 3. The van der Waals surface area contributed by atoms with Crippen molar-refractivity contribution in [3.05, 3.63) is 0 Å². The fourth-order valence-corrected chi connectivity index (χ4v) is 3.83. The summed E-state index contributed by atoms with van der Waals surface area (Å²) in [6.07, 6.45) is 0.733. The largest absolute Gasteiger partial charge is 0.392 e. The zero-order valence-corrected chi connectivity index (χ0v) is 12.3. The van der Waals surface area contributed by atoms with Crippen molar-refractivity contribution in [2.75, 3.05) is 5.75 Å². The van der Waals surface area contributed by atoms with Gasteiger partial charge in [0.05, 0.1) is 4.99 Å². The van der Waals surface area contributed by atoms with Gasteiger partial charge < -0.3 is 5.73 Å². The summed E-state index contributed by atoms with van der Waals surface area (Å²) in [5, 5.41) is 0. The summed E-state index contributed by atoms with van der Waals surface area (Å²) in [5.74, 6) is -0.296. The van der Waals surface area contributed by atoms with Crippen molar-refractivity contribution >= 4 is 27.2 Å². The van der Waals surface area contributed by atoms with Crippen molar-refractivity contribution in [3.8, 4) is 0 Å². The van der Waals surface area contributed by atoms with Crippen molar-refractivity contribution in [3.63, 3.8) is 0 Å². The molecule has 0 bridgehead atoms. The summed E-state index contributed by atoms with van der Waals surface area (Å²) in [7, 11) is -3.43. The molecule has 0 aliphatic heterocycles. The molecule has 0 saturated carbocycles. The molecule has 0 aromatic rings. The third-order valence-corrected chi connectivity index (χ3v) is 3.62. The highest BCUT2D eigenvalue weighted by Gasteiger charge is 2.29. The lowest BCUT2D eigenvalue weighted by Gasteiger charge is -2.32. The lowest BCUT2D eigenvalue weighted by Crippen LogP contribution is -2.47.